The predicted octanol–water partition coefficient (Wildman–Crippen LogP) is 3.68. The van der Waals surface area contributed by atoms with Crippen molar-refractivity contribution in [3.8, 4) is 29.1 Å². The maximum Gasteiger partial charge on any atom is 0.231 e. The van der Waals surface area contributed by atoms with Crippen LogP contribution in [-0.2, 0) is 12.8 Å². The fourth-order valence-electron chi connectivity index (χ4n) is 7.68. The Labute approximate surface area is 224 Å². The van der Waals surface area contributed by atoms with Gasteiger partial charge in [-0.1, -0.05) is 18.7 Å². The van der Waals surface area contributed by atoms with E-state index < -0.39 is 12.1 Å². The van der Waals surface area contributed by atoms with Crippen LogP contribution >= 0.6 is 0 Å². The third-order valence-corrected chi connectivity index (χ3v) is 9.06. The summed E-state index contributed by atoms with van der Waals surface area (Å²) in [5.41, 5.74) is 7.59. The number of nitriles is 1. The number of nitrogens with zero attached hydrogens (tertiary/aromatic N) is 3. The highest BCUT2D eigenvalue weighted by molar-refractivity contribution is 5.66. The van der Waals surface area contributed by atoms with Gasteiger partial charge in [-0.05, 0) is 62.9 Å². The van der Waals surface area contributed by atoms with E-state index in [2.05, 4.69) is 49.4 Å². The lowest BCUT2D eigenvalue weighted by molar-refractivity contribution is -0.0821. The van der Waals surface area contributed by atoms with Gasteiger partial charge in [0.05, 0.1) is 31.9 Å². The quantitative estimate of drug-likeness (QED) is 0.601. The highest BCUT2D eigenvalue weighted by Gasteiger charge is 2.56. The number of likely N-dealkylation sites (N-methyl/N-ethyl adjacent to an activating group) is 1. The van der Waals surface area contributed by atoms with E-state index in [0.29, 0.717) is 24.5 Å². The molecule has 0 amide bonds. The van der Waals surface area contributed by atoms with Crippen molar-refractivity contribution in [3.05, 3.63) is 57.7 Å². The van der Waals surface area contributed by atoms with Crippen LogP contribution in [0.1, 0.15) is 51.0 Å². The van der Waals surface area contributed by atoms with Gasteiger partial charge < -0.3 is 24.1 Å². The van der Waals surface area contributed by atoms with Crippen molar-refractivity contribution in [1.29, 1.82) is 5.26 Å². The van der Waals surface area contributed by atoms with Crippen LogP contribution < -0.4 is 18.9 Å². The second-order valence-electron chi connectivity index (χ2n) is 10.8. The lowest BCUT2D eigenvalue weighted by atomic mass is 9.71. The number of piperazine rings is 1. The van der Waals surface area contributed by atoms with Crippen molar-refractivity contribution in [1.82, 2.24) is 9.80 Å². The number of aliphatic hydroxyl groups is 1. The molecule has 6 rings (SSSR count). The number of ether oxygens (including phenoxy) is 4. The van der Waals surface area contributed by atoms with Crippen molar-refractivity contribution in [3.63, 3.8) is 0 Å². The largest absolute Gasteiger partial charge is 0.496 e. The highest BCUT2D eigenvalue weighted by Crippen LogP contribution is 2.57. The first-order valence-electron chi connectivity index (χ1n) is 13.2. The third-order valence-electron chi connectivity index (χ3n) is 9.06. The second kappa shape index (κ2) is 9.19. The zero-order valence-electron chi connectivity index (χ0n) is 22.7. The molecule has 8 nitrogen and oxygen atoms in total. The van der Waals surface area contributed by atoms with Crippen LogP contribution in [0.2, 0.25) is 0 Å². The minimum atomic E-state index is -0.427. The molecule has 200 valence electrons. The molecule has 0 radical (unpaired) electrons. The number of rotatable bonds is 5. The van der Waals surface area contributed by atoms with Crippen molar-refractivity contribution in [2.24, 2.45) is 0 Å². The molecular weight excluding hydrogens is 482 g/mol. The van der Waals surface area contributed by atoms with Gasteiger partial charge in [-0.25, -0.2) is 0 Å². The van der Waals surface area contributed by atoms with Gasteiger partial charge in [0.15, 0.2) is 11.5 Å². The van der Waals surface area contributed by atoms with E-state index in [-0.39, 0.29) is 31.5 Å². The summed E-state index contributed by atoms with van der Waals surface area (Å²) >= 11 is 0. The molecule has 38 heavy (non-hydrogen) atoms. The van der Waals surface area contributed by atoms with Gasteiger partial charge in [0.25, 0.3) is 0 Å². The first-order valence-corrected chi connectivity index (χ1v) is 13.2. The standard InChI is InChI=1S/C30H35N3O5/c1-7-8-36-28-17(4)29-30(38-14-37-29)25-19(28)11-21-26-24-16(3)27(35-6)15(2)9-18(24)10-20(32(26)5)22(12-31)33(21)23(25)13-34/h7,9,20-23,26,34H,1,8,10-11,13-14H2,2-6H3/t20-,21?,22+,23+,26+/m1/s1. The zero-order chi connectivity index (χ0) is 26.9. The molecule has 0 aromatic heterocycles. The average Bonchev–Trinajstić information content (AvgIpc) is 3.39. The molecule has 1 fully saturated rings. The van der Waals surface area contributed by atoms with E-state index in [4.69, 9.17) is 18.9 Å². The Morgan fingerprint density at radius 1 is 1.13 bits per heavy atom. The molecule has 2 aromatic carbocycles. The van der Waals surface area contributed by atoms with E-state index in [1.807, 2.05) is 6.92 Å². The van der Waals surface area contributed by atoms with Crippen LogP contribution in [0, 0.1) is 32.1 Å². The minimum Gasteiger partial charge on any atom is -0.496 e. The molecule has 4 aliphatic rings. The summed E-state index contributed by atoms with van der Waals surface area (Å²) in [4.78, 5) is 4.63. The van der Waals surface area contributed by atoms with Crippen LogP contribution in [0.15, 0.2) is 18.7 Å². The topological polar surface area (TPSA) is 87.4 Å². The van der Waals surface area contributed by atoms with Crippen LogP contribution in [0.4, 0.5) is 0 Å². The lowest BCUT2D eigenvalue weighted by Crippen LogP contribution is -2.68. The molecule has 0 spiro atoms. The van der Waals surface area contributed by atoms with Crippen LogP contribution in [0.3, 0.4) is 0 Å². The van der Waals surface area contributed by atoms with Crippen molar-refractivity contribution < 1.29 is 24.1 Å². The van der Waals surface area contributed by atoms with Gasteiger partial charge in [0.1, 0.15) is 24.1 Å². The van der Waals surface area contributed by atoms with E-state index in [1.54, 1.807) is 13.2 Å². The number of aryl methyl sites for hydroxylation is 1. The van der Waals surface area contributed by atoms with E-state index in [0.717, 1.165) is 45.7 Å². The molecule has 2 bridgehead atoms. The molecule has 4 heterocycles. The molecule has 0 aliphatic carbocycles. The number of fused-ring (bicyclic) bond motifs is 9. The van der Waals surface area contributed by atoms with Crippen LogP contribution in [0.25, 0.3) is 0 Å². The number of aliphatic hydroxyl groups excluding tert-OH is 1. The molecule has 5 atom stereocenters. The summed E-state index contributed by atoms with van der Waals surface area (Å²) in [5, 5.41) is 21.5. The Hall–Kier alpha value is -3.25. The maximum absolute atomic E-state index is 10.9. The highest BCUT2D eigenvalue weighted by atomic mass is 16.7. The van der Waals surface area contributed by atoms with E-state index in [9.17, 15) is 10.4 Å². The lowest BCUT2D eigenvalue weighted by Gasteiger charge is -2.60. The first kappa shape index (κ1) is 25.1. The van der Waals surface area contributed by atoms with Crippen molar-refractivity contribution >= 4 is 0 Å². The van der Waals surface area contributed by atoms with Crippen LogP contribution in [0.5, 0.6) is 23.0 Å². The zero-order valence-corrected chi connectivity index (χ0v) is 22.7. The van der Waals surface area contributed by atoms with Crippen molar-refractivity contribution in [2.45, 2.75) is 63.8 Å². The monoisotopic (exact) mass is 517 g/mol. The minimum absolute atomic E-state index is 0.0105. The van der Waals surface area contributed by atoms with Gasteiger partial charge >= 0.3 is 0 Å². The number of hydrogen-bond donors (Lipinski definition) is 1. The molecule has 4 aliphatic heterocycles. The fourth-order valence-corrected chi connectivity index (χ4v) is 7.68. The molecule has 1 unspecified atom stereocenters. The van der Waals surface area contributed by atoms with Crippen molar-refractivity contribution in [2.75, 3.05) is 34.2 Å². The molecule has 1 saturated heterocycles. The molecule has 0 saturated carbocycles. The summed E-state index contributed by atoms with van der Waals surface area (Å²) in [6.45, 7) is 10.4. The van der Waals surface area contributed by atoms with Gasteiger partial charge in [-0.15, -0.1) is 0 Å². The fraction of sp³-hybridized carbons (Fsp3) is 0.500. The van der Waals surface area contributed by atoms with E-state index >= 15 is 0 Å². The summed E-state index contributed by atoms with van der Waals surface area (Å²) in [6.07, 6.45) is 3.14. The molecular formula is C30H35N3O5. The van der Waals surface area contributed by atoms with Gasteiger partial charge in [-0.2, -0.15) is 5.26 Å². The third kappa shape index (κ3) is 3.25. The average molecular weight is 518 g/mol. The van der Waals surface area contributed by atoms with E-state index in [1.165, 1.54) is 11.1 Å². The summed E-state index contributed by atoms with van der Waals surface area (Å²) in [6, 6.07) is 3.97. The van der Waals surface area contributed by atoms with Gasteiger partial charge in [0, 0.05) is 28.8 Å². The Morgan fingerprint density at radius 3 is 2.58 bits per heavy atom. The Bertz CT molecular complexity index is 1370. The Morgan fingerprint density at radius 2 is 1.89 bits per heavy atom. The predicted molar refractivity (Wildman–Crippen MR) is 142 cm³/mol. The molecule has 8 heteroatoms. The SMILES string of the molecule is C=CCOc1c(C)c2c(c3c1CC1[C@H]4c5c(cc(C)c(OC)c5C)C[C@H]([C@H](C#N)N1[C@H]3CO)N4C)OCO2. The first-order chi connectivity index (χ1) is 18.4. The normalized spacial score (nSPS) is 27.1. The number of hydrogen-bond acceptors (Lipinski definition) is 8. The maximum atomic E-state index is 10.9. The Kier molecular flexibility index (Phi) is 6.06. The molecule has 2 aromatic rings. The van der Waals surface area contributed by atoms with Gasteiger partial charge in [0.2, 0.25) is 6.79 Å². The molecule has 1 N–H and O–H groups in total. The second-order valence-corrected chi connectivity index (χ2v) is 10.8. The van der Waals surface area contributed by atoms with Gasteiger partial charge in [-0.3, -0.25) is 9.80 Å². The number of methoxy groups -OCH3 is 1. The smallest absolute Gasteiger partial charge is 0.231 e. The summed E-state index contributed by atoms with van der Waals surface area (Å²) in [5.74, 6) is 2.99. The summed E-state index contributed by atoms with van der Waals surface area (Å²) < 4.78 is 24.0. The Balaban J connectivity index is 1.60. The van der Waals surface area contributed by atoms with Crippen LogP contribution in [-0.4, -0.2) is 67.2 Å². The summed E-state index contributed by atoms with van der Waals surface area (Å²) in [7, 11) is 3.86. The number of benzene rings is 2.